The number of fused-ring (bicyclic) bond motifs is 1. The number of rotatable bonds is 5. The standard InChI is InChI=1S/C14H21N3S/c1-5-7-8-15-13-12-9(3)10(4)18-14(12)17-11(6-2)16-13/h5-8H2,1-4H3,(H,15,16,17). The summed E-state index contributed by atoms with van der Waals surface area (Å²) < 4.78 is 0. The molecule has 0 bridgehead atoms. The summed E-state index contributed by atoms with van der Waals surface area (Å²) >= 11 is 1.77. The molecular formula is C14H21N3S. The minimum atomic E-state index is 0.883. The van der Waals surface area contributed by atoms with Crippen molar-refractivity contribution in [3.8, 4) is 0 Å². The van der Waals surface area contributed by atoms with Gasteiger partial charge in [0, 0.05) is 17.8 Å². The molecule has 3 nitrogen and oxygen atoms in total. The van der Waals surface area contributed by atoms with E-state index in [0.717, 1.165) is 29.4 Å². The highest BCUT2D eigenvalue weighted by molar-refractivity contribution is 7.18. The maximum atomic E-state index is 4.65. The van der Waals surface area contributed by atoms with Gasteiger partial charge < -0.3 is 5.32 Å². The number of anilines is 1. The number of nitrogens with zero attached hydrogens (tertiary/aromatic N) is 2. The molecule has 0 amide bonds. The second-order valence-electron chi connectivity index (χ2n) is 4.59. The van der Waals surface area contributed by atoms with Gasteiger partial charge in [-0.1, -0.05) is 20.3 Å². The summed E-state index contributed by atoms with van der Waals surface area (Å²) in [5.74, 6) is 1.95. The van der Waals surface area contributed by atoms with E-state index in [1.54, 1.807) is 11.3 Å². The van der Waals surface area contributed by atoms with Gasteiger partial charge in [-0.3, -0.25) is 0 Å². The summed E-state index contributed by atoms with van der Waals surface area (Å²) in [6.45, 7) is 9.61. The van der Waals surface area contributed by atoms with Crippen LogP contribution in [0, 0.1) is 13.8 Å². The van der Waals surface area contributed by atoms with Crippen molar-refractivity contribution in [3.63, 3.8) is 0 Å². The molecule has 1 N–H and O–H groups in total. The maximum absolute atomic E-state index is 4.65. The quantitative estimate of drug-likeness (QED) is 0.826. The molecule has 2 rings (SSSR count). The van der Waals surface area contributed by atoms with Gasteiger partial charge >= 0.3 is 0 Å². The van der Waals surface area contributed by atoms with Gasteiger partial charge in [0.05, 0.1) is 5.39 Å². The van der Waals surface area contributed by atoms with Crippen molar-refractivity contribution in [1.29, 1.82) is 0 Å². The maximum Gasteiger partial charge on any atom is 0.138 e. The highest BCUT2D eigenvalue weighted by Crippen LogP contribution is 2.33. The number of hydrogen-bond acceptors (Lipinski definition) is 4. The molecular weight excluding hydrogens is 242 g/mol. The van der Waals surface area contributed by atoms with Crippen LogP contribution >= 0.6 is 11.3 Å². The van der Waals surface area contributed by atoms with Crippen LogP contribution in [0.4, 0.5) is 5.82 Å². The molecule has 4 heteroatoms. The van der Waals surface area contributed by atoms with Gasteiger partial charge in [0.25, 0.3) is 0 Å². The Hall–Kier alpha value is -1.16. The molecule has 2 heterocycles. The molecule has 0 radical (unpaired) electrons. The fraction of sp³-hybridized carbons (Fsp3) is 0.571. The largest absolute Gasteiger partial charge is 0.369 e. The van der Waals surface area contributed by atoms with Crippen molar-refractivity contribution >= 4 is 27.4 Å². The van der Waals surface area contributed by atoms with Crippen molar-refractivity contribution in [3.05, 3.63) is 16.3 Å². The highest BCUT2D eigenvalue weighted by Gasteiger charge is 2.13. The molecule has 18 heavy (non-hydrogen) atoms. The van der Waals surface area contributed by atoms with Gasteiger partial charge in [-0.15, -0.1) is 11.3 Å². The smallest absolute Gasteiger partial charge is 0.138 e. The average molecular weight is 263 g/mol. The van der Waals surface area contributed by atoms with Crippen LogP contribution in [-0.2, 0) is 6.42 Å². The molecule has 0 fully saturated rings. The van der Waals surface area contributed by atoms with Gasteiger partial charge in [-0.05, 0) is 25.8 Å². The first-order chi connectivity index (χ1) is 8.67. The first-order valence-electron chi connectivity index (χ1n) is 6.67. The van der Waals surface area contributed by atoms with Gasteiger partial charge in [0.1, 0.15) is 16.5 Å². The average Bonchev–Trinajstić information content (AvgIpc) is 2.65. The molecule has 0 aromatic carbocycles. The third kappa shape index (κ3) is 2.48. The van der Waals surface area contributed by atoms with Crippen LogP contribution in [0.3, 0.4) is 0 Å². The lowest BCUT2D eigenvalue weighted by atomic mass is 10.2. The van der Waals surface area contributed by atoms with E-state index in [9.17, 15) is 0 Å². The van der Waals surface area contributed by atoms with E-state index in [4.69, 9.17) is 0 Å². The van der Waals surface area contributed by atoms with Gasteiger partial charge in [0.15, 0.2) is 0 Å². The lowest BCUT2D eigenvalue weighted by molar-refractivity contribution is 0.829. The van der Waals surface area contributed by atoms with Gasteiger partial charge in [-0.25, -0.2) is 9.97 Å². The van der Waals surface area contributed by atoms with E-state index < -0.39 is 0 Å². The fourth-order valence-electron chi connectivity index (χ4n) is 1.96. The summed E-state index contributed by atoms with van der Waals surface area (Å²) in [4.78, 5) is 11.7. The number of unbranched alkanes of at least 4 members (excludes halogenated alkanes) is 1. The van der Waals surface area contributed by atoms with E-state index in [-0.39, 0.29) is 0 Å². The number of thiophene rings is 1. The second kappa shape index (κ2) is 5.65. The Morgan fingerprint density at radius 1 is 1.17 bits per heavy atom. The number of nitrogens with one attached hydrogen (secondary N) is 1. The third-order valence-corrected chi connectivity index (χ3v) is 4.32. The Morgan fingerprint density at radius 3 is 2.61 bits per heavy atom. The monoisotopic (exact) mass is 263 g/mol. The van der Waals surface area contributed by atoms with E-state index in [1.165, 1.54) is 28.7 Å². The van der Waals surface area contributed by atoms with Crippen LogP contribution in [-0.4, -0.2) is 16.5 Å². The Kier molecular flexibility index (Phi) is 4.17. The zero-order chi connectivity index (χ0) is 13.1. The molecule has 98 valence electrons. The Bertz CT molecular complexity index is 545. The van der Waals surface area contributed by atoms with Crippen molar-refractivity contribution in [2.75, 3.05) is 11.9 Å². The molecule has 2 aromatic rings. The summed E-state index contributed by atoms with van der Waals surface area (Å²) in [6.07, 6.45) is 3.26. The summed E-state index contributed by atoms with van der Waals surface area (Å²) in [7, 11) is 0. The predicted octanol–water partition coefficient (Wildman–Crippen LogP) is 4.08. The van der Waals surface area contributed by atoms with Crippen LogP contribution < -0.4 is 5.32 Å². The molecule has 0 unspecified atom stereocenters. The summed E-state index contributed by atoms with van der Waals surface area (Å²) in [6, 6.07) is 0. The Labute approximate surface area is 113 Å². The first kappa shape index (κ1) is 13.3. The van der Waals surface area contributed by atoms with Crippen molar-refractivity contribution < 1.29 is 0 Å². The minimum Gasteiger partial charge on any atom is -0.369 e. The highest BCUT2D eigenvalue weighted by atomic mass is 32.1. The van der Waals surface area contributed by atoms with Crippen LogP contribution in [0.5, 0.6) is 0 Å². The lowest BCUT2D eigenvalue weighted by Crippen LogP contribution is -2.06. The number of aryl methyl sites for hydroxylation is 3. The van der Waals surface area contributed by atoms with Crippen LogP contribution in [0.25, 0.3) is 10.2 Å². The minimum absolute atomic E-state index is 0.883. The predicted molar refractivity (Wildman–Crippen MR) is 79.7 cm³/mol. The zero-order valence-electron chi connectivity index (χ0n) is 11.6. The number of hydrogen-bond donors (Lipinski definition) is 1. The van der Waals surface area contributed by atoms with E-state index >= 15 is 0 Å². The second-order valence-corrected chi connectivity index (χ2v) is 5.79. The van der Waals surface area contributed by atoms with Crippen molar-refractivity contribution in [2.45, 2.75) is 47.0 Å². The molecule has 0 saturated heterocycles. The molecule has 2 aromatic heterocycles. The molecule has 0 atom stereocenters. The Morgan fingerprint density at radius 2 is 1.94 bits per heavy atom. The molecule has 0 aliphatic heterocycles. The van der Waals surface area contributed by atoms with E-state index in [0.29, 0.717) is 0 Å². The molecule has 0 saturated carbocycles. The number of aromatic nitrogens is 2. The first-order valence-corrected chi connectivity index (χ1v) is 7.49. The topological polar surface area (TPSA) is 37.8 Å². The van der Waals surface area contributed by atoms with Gasteiger partial charge in [-0.2, -0.15) is 0 Å². The summed E-state index contributed by atoms with van der Waals surface area (Å²) in [5, 5.41) is 4.69. The summed E-state index contributed by atoms with van der Waals surface area (Å²) in [5.41, 5.74) is 1.32. The van der Waals surface area contributed by atoms with Crippen molar-refractivity contribution in [2.24, 2.45) is 0 Å². The van der Waals surface area contributed by atoms with Crippen LogP contribution in [0.1, 0.15) is 43.0 Å². The van der Waals surface area contributed by atoms with Crippen LogP contribution in [0.15, 0.2) is 0 Å². The molecule has 0 aliphatic rings. The van der Waals surface area contributed by atoms with Crippen molar-refractivity contribution in [1.82, 2.24) is 9.97 Å². The molecule has 0 spiro atoms. The van der Waals surface area contributed by atoms with Crippen LogP contribution in [0.2, 0.25) is 0 Å². The normalized spacial score (nSPS) is 11.1. The van der Waals surface area contributed by atoms with E-state index in [1.807, 2.05) is 0 Å². The Balaban J connectivity index is 2.46. The zero-order valence-corrected chi connectivity index (χ0v) is 12.4. The molecule has 0 aliphatic carbocycles. The fourth-order valence-corrected chi connectivity index (χ4v) is 3.01. The van der Waals surface area contributed by atoms with E-state index in [2.05, 4.69) is 43.0 Å². The lowest BCUT2D eigenvalue weighted by Gasteiger charge is -2.08. The van der Waals surface area contributed by atoms with Gasteiger partial charge in [0.2, 0.25) is 0 Å². The SMILES string of the molecule is CCCCNc1nc(CC)nc2sc(C)c(C)c12. The third-order valence-electron chi connectivity index (χ3n) is 3.21.